The van der Waals surface area contributed by atoms with E-state index in [-0.39, 0.29) is 11.6 Å². The summed E-state index contributed by atoms with van der Waals surface area (Å²) in [6.45, 7) is 7.98. The van der Waals surface area contributed by atoms with Crippen molar-refractivity contribution in [2.75, 3.05) is 30.4 Å². The van der Waals surface area contributed by atoms with E-state index in [1.165, 1.54) is 6.20 Å². The molecule has 0 saturated heterocycles. The number of carbonyl (C=O) groups excluding carboxylic acids is 1. The molecule has 0 saturated carbocycles. The van der Waals surface area contributed by atoms with Gasteiger partial charge in [0, 0.05) is 30.7 Å². The monoisotopic (exact) mass is 392 g/mol. The predicted octanol–water partition coefficient (Wildman–Crippen LogP) is 4.24. The summed E-state index contributed by atoms with van der Waals surface area (Å²) >= 11 is 0. The van der Waals surface area contributed by atoms with E-state index in [2.05, 4.69) is 29.4 Å². The molecule has 0 radical (unpaired) electrons. The highest BCUT2D eigenvalue weighted by molar-refractivity contribution is 5.97. The van der Waals surface area contributed by atoms with E-state index in [0.717, 1.165) is 35.8 Å². The van der Waals surface area contributed by atoms with Gasteiger partial charge in [-0.05, 0) is 62.7 Å². The maximum Gasteiger partial charge on any atom is 0.263 e. The molecular weight excluding hydrogens is 364 g/mol. The molecule has 0 aliphatic heterocycles. The molecule has 0 aliphatic rings. The van der Waals surface area contributed by atoms with Crippen LogP contribution >= 0.6 is 0 Å². The topological polar surface area (TPSA) is 77.4 Å². The van der Waals surface area contributed by atoms with E-state index < -0.39 is 5.91 Å². The first kappa shape index (κ1) is 21.8. The van der Waals surface area contributed by atoms with Crippen molar-refractivity contribution in [3.05, 3.63) is 65.9 Å². The second-order valence-corrected chi connectivity index (χ2v) is 6.50. The van der Waals surface area contributed by atoms with Gasteiger partial charge < -0.3 is 20.3 Å². The van der Waals surface area contributed by atoms with Crippen LogP contribution < -0.4 is 20.3 Å². The van der Waals surface area contributed by atoms with Crippen molar-refractivity contribution in [2.24, 2.45) is 0 Å². The number of anilines is 2. The first-order valence-electron chi connectivity index (χ1n) is 9.69. The van der Waals surface area contributed by atoms with E-state index in [0.29, 0.717) is 0 Å². The van der Waals surface area contributed by atoms with Crippen LogP contribution in [0.2, 0.25) is 0 Å². The third-order valence-corrected chi connectivity index (χ3v) is 4.71. The fraction of sp³-hybridized carbons (Fsp3) is 0.304. The second kappa shape index (κ2) is 10.8. The molecular formula is C23H28N4O2. The Morgan fingerprint density at radius 2 is 1.76 bits per heavy atom. The van der Waals surface area contributed by atoms with E-state index in [1.54, 1.807) is 7.11 Å². The van der Waals surface area contributed by atoms with E-state index in [4.69, 9.17) is 4.74 Å². The first-order chi connectivity index (χ1) is 14.0. The van der Waals surface area contributed by atoms with Crippen LogP contribution in [0.25, 0.3) is 0 Å². The molecule has 0 bridgehead atoms. The van der Waals surface area contributed by atoms with Crippen molar-refractivity contribution < 1.29 is 9.53 Å². The zero-order valence-electron chi connectivity index (χ0n) is 17.4. The summed E-state index contributed by atoms with van der Waals surface area (Å²) in [5, 5.41) is 15.2. The van der Waals surface area contributed by atoms with Crippen molar-refractivity contribution >= 4 is 17.3 Å². The molecule has 1 amide bonds. The summed E-state index contributed by atoms with van der Waals surface area (Å²) in [5.74, 6) is 0.323. The smallest absolute Gasteiger partial charge is 0.263 e. The number of hydrogen-bond acceptors (Lipinski definition) is 5. The van der Waals surface area contributed by atoms with Gasteiger partial charge in [0.2, 0.25) is 0 Å². The normalized spacial score (nSPS) is 11.9. The number of amides is 1. The number of nitrogens with one attached hydrogen (secondary N) is 2. The minimum absolute atomic E-state index is 0.0122. The Labute approximate surface area is 172 Å². The van der Waals surface area contributed by atoms with Crippen LogP contribution in [-0.4, -0.2) is 26.1 Å². The van der Waals surface area contributed by atoms with E-state index in [9.17, 15) is 10.1 Å². The molecule has 0 fully saturated rings. The van der Waals surface area contributed by atoms with Gasteiger partial charge in [-0.15, -0.1) is 0 Å². The molecule has 29 heavy (non-hydrogen) atoms. The van der Waals surface area contributed by atoms with Crippen LogP contribution in [0, 0.1) is 11.3 Å². The lowest BCUT2D eigenvalue weighted by Gasteiger charge is -2.21. The zero-order chi connectivity index (χ0) is 21.2. The fourth-order valence-corrected chi connectivity index (χ4v) is 2.91. The third-order valence-electron chi connectivity index (χ3n) is 4.71. The average molecular weight is 393 g/mol. The van der Waals surface area contributed by atoms with Gasteiger partial charge in [0.1, 0.15) is 17.4 Å². The number of ether oxygens (including phenoxy) is 1. The minimum Gasteiger partial charge on any atom is -0.497 e. The summed E-state index contributed by atoms with van der Waals surface area (Å²) in [6.07, 6.45) is 1.43. The summed E-state index contributed by atoms with van der Waals surface area (Å²) in [4.78, 5) is 14.7. The largest absolute Gasteiger partial charge is 0.497 e. The Morgan fingerprint density at radius 3 is 2.28 bits per heavy atom. The molecule has 1 unspecified atom stereocenters. The standard InChI is InChI=1S/C23H28N4O2/c1-5-27(6-2)21-11-9-20(10-12-21)25-16-19(15-24)23(28)26-17(3)18-7-13-22(29-4)14-8-18/h7-14,16-17,25H,5-6H2,1-4H3,(H,26,28)/b19-16-. The van der Waals surface area contributed by atoms with Gasteiger partial charge in [-0.25, -0.2) is 0 Å². The summed E-state index contributed by atoms with van der Waals surface area (Å²) in [5.41, 5.74) is 2.88. The van der Waals surface area contributed by atoms with Crippen LogP contribution in [0.1, 0.15) is 32.4 Å². The third kappa shape index (κ3) is 6.01. The quantitative estimate of drug-likeness (QED) is 0.493. The van der Waals surface area contributed by atoms with Crippen LogP contribution in [0.3, 0.4) is 0 Å². The number of carbonyl (C=O) groups is 1. The Kier molecular flexibility index (Phi) is 8.11. The maximum absolute atomic E-state index is 12.5. The van der Waals surface area contributed by atoms with E-state index >= 15 is 0 Å². The van der Waals surface area contributed by atoms with Crippen molar-refractivity contribution in [2.45, 2.75) is 26.8 Å². The highest BCUT2D eigenvalue weighted by atomic mass is 16.5. The first-order valence-corrected chi connectivity index (χ1v) is 9.69. The predicted molar refractivity (Wildman–Crippen MR) is 117 cm³/mol. The number of nitriles is 1. The highest BCUT2D eigenvalue weighted by Crippen LogP contribution is 2.19. The molecule has 1 atom stereocenters. The Hall–Kier alpha value is -3.46. The van der Waals surface area contributed by atoms with Crippen LogP contribution in [0.15, 0.2) is 60.3 Å². The van der Waals surface area contributed by atoms with Crippen LogP contribution in [-0.2, 0) is 4.79 Å². The van der Waals surface area contributed by atoms with Gasteiger partial charge in [-0.2, -0.15) is 5.26 Å². The Balaban J connectivity index is 2.01. The molecule has 0 heterocycles. The molecule has 2 aromatic rings. The lowest BCUT2D eigenvalue weighted by molar-refractivity contribution is -0.117. The number of nitrogens with zero attached hydrogens (tertiary/aromatic N) is 2. The second-order valence-electron chi connectivity index (χ2n) is 6.50. The lowest BCUT2D eigenvalue weighted by Crippen LogP contribution is -2.28. The maximum atomic E-state index is 12.5. The molecule has 2 rings (SSSR count). The number of methoxy groups -OCH3 is 1. The molecule has 0 spiro atoms. The molecule has 0 aliphatic carbocycles. The van der Waals surface area contributed by atoms with Crippen molar-refractivity contribution in [3.8, 4) is 11.8 Å². The summed E-state index contributed by atoms with van der Waals surface area (Å²) in [7, 11) is 1.61. The van der Waals surface area contributed by atoms with Gasteiger partial charge in [-0.1, -0.05) is 12.1 Å². The van der Waals surface area contributed by atoms with Gasteiger partial charge in [-0.3, -0.25) is 4.79 Å². The van der Waals surface area contributed by atoms with Gasteiger partial charge in [0.25, 0.3) is 5.91 Å². The molecule has 2 N–H and O–H groups in total. The summed E-state index contributed by atoms with van der Waals surface area (Å²) < 4.78 is 5.14. The van der Waals surface area contributed by atoms with Gasteiger partial charge in [0.05, 0.1) is 13.2 Å². The fourth-order valence-electron chi connectivity index (χ4n) is 2.91. The Bertz CT molecular complexity index is 863. The Morgan fingerprint density at radius 1 is 1.14 bits per heavy atom. The SMILES string of the molecule is CCN(CC)c1ccc(N/C=C(/C#N)C(=O)NC(C)c2ccc(OC)cc2)cc1. The molecule has 0 aromatic heterocycles. The lowest BCUT2D eigenvalue weighted by atomic mass is 10.1. The van der Waals surface area contributed by atoms with Crippen molar-refractivity contribution in [1.29, 1.82) is 5.26 Å². The molecule has 2 aromatic carbocycles. The minimum atomic E-state index is -0.428. The molecule has 152 valence electrons. The van der Waals surface area contributed by atoms with Crippen LogP contribution in [0.5, 0.6) is 5.75 Å². The number of hydrogen-bond donors (Lipinski definition) is 2. The summed E-state index contributed by atoms with van der Waals surface area (Å²) in [6, 6.07) is 17.0. The van der Waals surface area contributed by atoms with Crippen LogP contribution in [0.4, 0.5) is 11.4 Å². The van der Waals surface area contributed by atoms with Gasteiger partial charge in [0.15, 0.2) is 0 Å². The number of rotatable bonds is 9. The van der Waals surface area contributed by atoms with E-state index in [1.807, 2.05) is 61.5 Å². The zero-order valence-corrected chi connectivity index (χ0v) is 17.4. The van der Waals surface area contributed by atoms with Crippen molar-refractivity contribution in [3.63, 3.8) is 0 Å². The highest BCUT2D eigenvalue weighted by Gasteiger charge is 2.14. The molecule has 6 heteroatoms. The number of benzene rings is 2. The van der Waals surface area contributed by atoms with Gasteiger partial charge >= 0.3 is 0 Å². The average Bonchev–Trinajstić information content (AvgIpc) is 2.76. The molecule has 6 nitrogen and oxygen atoms in total. The van der Waals surface area contributed by atoms with Crippen molar-refractivity contribution in [1.82, 2.24) is 5.32 Å².